The number of nitrogens with zero attached hydrogens (tertiary/aromatic N) is 1. The maximum absolute atomic E-state index is 13.7. The zero-order valence-electron chi connectivity index (χ0n) is 9.59. The average Bonchev–Trinajstić information content (AvgIpc) is 2.24. The molecule has 17 heavy (non-hydrogen) atoms. The summed E-state index contributed by atoms with van der Waals surface area (Å²) in [6.07, 6.45) is 1.50. The predicted octanol–water partition coefficient (Wildman–Crippen LogP) is 3.23. The van der Waals surface area contributed by atoms with E-state index in [0.29, 0.717) is 22.5 Å². The van der Waals surface area contributed by atoms with Crippen LogP contribution >= 0.6 is 0 Å². The SMILES string of the molecule is Cc1cc(-c2cnc(N)cc2C)c(F)cc1F. The highest BCUT2D eigenvalue weighted by molar-refractivity contribution is 5.68. The second-order valence-electron chi connectivity index (χ2n) is 4.01. The van der Waals surface area contributed by atoms with Gasteiger partial charge in [-0.3, -0.25) is 0 Å². The van der Waals surface area contributed by atoms with Gasteiger partial charge in [-0.1, -0.05) is 0 Å². The van der Waals surface area contributed by atoms with Gasteiger partial charge >= 0.3 is 0 Å². The maximum atomic E-state index is 13.7. The molecule has 0 saturated heterocycles. The molecule has 0 atom stereocenters. The number of pyridine rings is 1. The lowest BCUT2D eigenvalue weighted by Crippen LogP contribution is -1.96. The van der Waals surface area contributed by atoms with E-state index in [1.54, 1.807) is 13.0 Å². The van der Waals surface area contributed by atoms with Gasteiger partial charge in [0.05, 0.1) is 0 Å². The molecule has 1 aromatic carbocycles. The number of nitrogen functional groups attached to an aromatic ring is 1. The summed E-state index contributed by atoms with van der Waals surface area (Å²) in [5.74, 6) is -0.763. The Labute approximate surface area is 98.1 Å². The summed E-state index contributed by atoms with van der Waals surface area (Å²) in [6, 6.07) is 4.03. The molecule has 0 aliphatic carbocycles. The molecule has 0 aliphatic rings. The van der Waals surface area contributed by atoms with Crippen LogP contribution in [0.25, 0.3) is 11.1 Å². The molecule has 2 aromatic rings. The first kappa shape index (κ1) is 11.5. The third-order valence-corrected chi connectivity index (χ3v) is 2.67. The van der Waals surface area contributed by atoms with Crippen LogP contribution in [0.4, 0.5) is 14.6 Å². The monoisotopic (exact) mass is 234 g/mol. The normalized spacial score (nSPS) is 10.6. The zero-order valence-corrected chi connectivity index (χ0v) is 9.59. The summed E-state index contributed by atoms with van der Waals surface area (Å²) >= 11 is 0. The van der Waals surface area contributed by atoms with Crippen molar-refractivity contribution in [1.29, 1.82) is 0 Å². The fraction of sp³-hybridized carbons (Fsp3) is 0.154. The summed E-state index contributed by atoms with van der Waals surface area (Å²) in [5, 5.41) is 0. The van der Waals surface area contributed by atoms with Crippen LogP contribution in [0.15, 0.2) is 24.4 Å². The molecular weight excluding hydrogens is 222 g/mol. The van der Waals surface area contributed by atoms with Crippen LogP contribution in [0.2, 0.25) is 0 Å². The van der Waals surface area contributed by atoms with Crippen LogP contribution in [0.1, 0.15) is 11.1 Å². The first-order valence-corrected chi connectivity index (χ1v) is 5.17. The van der Waals surface area contributed by atoms with E-state index in [4.69, 9.17) is 5.73 Å². The average molecular weight is 234 g/mol. The van der Waals surface area contributed by atoms with Gasteiger partial charge in [0.2, 0.25) is 0 Å². The molecule has 2 N–H and O–H groups in total. The van der Waals surface area contributed by atoms with Crippen LogP contribution < -0.4 is 5.73 Å². The Kier molecular flexibility index (Phi) is 2.79. The van der Waals surface area contributed by atoms with E-state index in [2.05, 4.69) is 4.98 Å². The van der Waals surface area contributed by atoms with Crippen molar-refractivity contribution in [3.05, 3.63) is 47.2 Å². The van der Waals surface area contributed by atoms with Gasteiger partial charge in [-0.05, 0) is 37.1 Å². The molecule has 2 nitrogen and oxygen atoms in total. The first-order valence-electron chi connectivity index (χ1n) is 5.17. The standard InChI is InChI=1S/C13H12F2N2/c1-7-4-13(16)17-6-10(7)9-3-8(2)11(14)5-12(9)15/h3-6H,1-2H3,(H2,16,17). The molecule has 0 fully saturated rings. The Bertz CT molecular complexity index is 580. The Balaban J connectivity index is 2.64. The molecule has 1 aromatic heterocycles. The molecule has 0 bridgehead atoms. The summed E-state index contributed by atoms with van der Waals surface area (Å²) in [5.41, 5.74) is 7.71. The topological polar surface area (TPSA) is 38.9 Å². The summed E-state index contributed by atoms with van der Waals surface area (Å²) < 4.78 is 26.9. The fourth-order valence-electron chi connectivity index (χ4n) is 1.72. The fourth-order valence-corrected chi connectivity index (χ4v) is 1.72. The number of aromatic nitrogens is 1. The summed E-state index contributed by atoms with van der Waals surface area (Å²) in [6.45, 7) is 3.41. The van der Waals surface area contributed by atoms with Gasteiger partial charge in [0, 0.05) is 23.4 Å². The van der Waals surface area contributed by atoms with Crippen molar-refractivity contribution in [2.75, 3.05) is 5.73 Å². The molecule has 0 aliphatic heterocycles. The van der Waals surface area contributed by atoms with Gasteiger partial charge in [-0.2, -0.15) is 0 Å². The van der Waals surface area contributed by atoms with E-state index in [9.17, 15) is 8.78 Å². The van der Waals surface area contributed by atoms with Crippen molar-refractivity contribution in [2.45, 2.75) is 13.8 Å². The molecule has 1 heterocycles. The predicted molar refractivity (Wildman–Crippen MR) is 63.5 cm³/mol. The van der Waals surface area contributed by atoms with Gasteiger partial charge in [0.25, 0.3) is 0 Å². The maximum Gasteiger partial charge on any atom is 0.134 e. The molecule has 0 radical (unpaired) electrons. The quantitative estimate of drug-likeness (QED) is 0.822. The van der Waals surface area contributed by atoms with Crippen molar-refractivity contribution < 1.29 is 8.78 Å². The van der Waals surface area contributed by atoms with Gasteiger partial charge < -0.3 is 5.73 Å². The molecule has 0 saturated carbocycles. The second kappa shape index (κ2) is 4.13. The summed E-state index contributed by atoms with van der Waals surface area (Å²) in [7, 11) is 0. The van der Waals surface area contributed by atoms with Crippen molar-refractivity contribution in [2.24, 2.45) is 0 Å². The zero-order chi connectivity index (χ0) is 12.6. The lowest BCUT2D eigenvalue weighted by atomic mass is 10.0. The molecule has 2 rings (SSSR count). The van der Waals surface area contributed by atoms with Crippen LogP contribution in [0.5, 0.6) is 0 Å². The number of rotatable bonds is 1. The van der Waals surface area contributed by atoms with Crippen LogP contribution in [0.3, 0.4) is 0 Å². The minimum absolute atomic E-state index is 0.342. The lowest BCUT2D eigenvalue weighted by molar-refractivity contribution is 0.579. The second-order valence-corrected chi connectivity index (χ2v) is 4.01. The highest BCUT2D eigenvalue weighted by atomic mass is 19.1. The minimum atomic E-state index is -0.595. The number of benzene rings is 1. The Morgan fingerprint density at radius 3 is 2.29 bits per heavy atom. The van der Waals surface area contributed by atoms with E-state index in [1.165, 1.54) is 12.3 Å². The number of nitrogens with two attached hydrogens (primary N) is 1. The lowest BCUT2D eigenvalue weighted by Gasteiger charge is -2.09. The van der Waals surface area contributed by atoms with Crippen molar-refractivity contribution >= 4 is 5.82 Å². The number of aryl methyl sites for hydroxylation is 2. The molecule has 0 amide bonds. The molecule has 0 spiro atoms. The van der Waals surface area contributed by atoms with E-state index in [-0.39, 0.29) is 0 Å². The van der Waals surface area contributed by atoms with E-state index < -0.39 is 11.6 Å². The van der Waals surface area contributed by atoms with Crippen molar-refractivity contribution in [1.82, 2.24) is 4.98 Å². The largest absolute Gasteiger partial charge is 0.384 e. The van der Waals surface area contributed by atoms with Crippen LogP contribution in [0, 0.1) is 25.5 Å². The number of hydrogen-bond donors (Lipinski definition) is 1. The van der Waals surface area contributed by atoms with E-state index in [1.807, 2.05) is 6.92 Å². The number of anilines is 1. The first-order chi connectivity index (χ1) is 7.99. The van der Waals surface area contributed by atoms with Crippen molar-refractivity contribution in [3.63, 3.8) is 0 Å². The van der Waals surface area contributed by atoms with E-state index in [0.717, 1.165) is 11.6 Å². The number of hydrogen-bond acceptors (Lipinski definition) is 2. The minimum Gasteiger partial charge on any atom is -0.384 e. The smallest absolute Gasteiger partial charge is 0.134 e. The summed E-state index contributed by atoms with van der Waals surface area (Å²) in [4.78, 5) is 3.93. The Hall–Kier alpha value is -1.97. The van der Waals surface area contributed by atoms with Crippen LogP contribution in [-0.2, 0) is 0 Å². The Morgan fingerprint density at radius 2 is 1.65 bits per heavy atom. The molecule has 4 heteroatoms. The third-order valence-electron chi connectivity index (χ3n) is 2.67. The van der Waals surface area contributed by atoms with Gasteiger partial charge in [-0.25, -0.2) is 13.8 Å². The highest BCUT2D eigenvalue weighted by Crippen LogP contribution is 2.28. The van der Waals surface area contributed by atoms with Gasteiger partial charge in [-0.15, -0.1) is 0 Å². The number of halogens is 2. The van der Waals surface area contributed by atoms with E-state index >= 15 is 0 Å². The Morgan fingerprint density at radius 1 is 0.941 bits per heavy atom. The van der Waals surface area contributed by atoms with Gasteiger partial charge in [0.15, 0.2) is 0 Å². The molecule has 88 valence electrons. The third kappa shape index (κ3) is 2.11. The van der Waals surface area contributed by atoms with Crippen LogP contribution in [-0.4, -0.2) is 4.98 Å². The van der Waals surface area contributed by atoms with Gasteiger partial charge in [0.1, 0.15) is 17.5 Å². The highest BCUT2D eigenvalue weighted by Gasteiger charge is 2.11. The molecule has 0 unspecified atom stereocenters. The van der Waals surface area contributed by atoms with Crippen molar-refractivity contribution in [3.8, 4) is 11.1 Å². The molecular formula is C13H12F2N2.